The minimum absolute atomic E-state index is 0.782. The molecule has 1 N–H and O–H groups in total. The van der Waals surface area contributed by atoms with Crippen LogP contribution in [0.25, 0.3) is 10.2 Å². The lowest BCUT2D eigenvalue weighted by molar-refractivity contribution is 0.373. The van der Waals surface area contributed by atoms with Gasteiger partial charge in [-0.15, -0.1) is 0 Å². The van der Waals surface area contributed by atoms with E-state index < -0.39 is 0 Å². The van der Waals surface area contributed by atoms with Crippen LogP contribution < -0.4 is 5.32 Å². The van der Waals surface area contributed by atoms with Crippen LogP contribution >= 0.6 is 22.9 Å². The quantitative estimate of drug-likeness (QED) is 0.861. The molecular formula is C14H17ClN2S. The van der Waals surface area contributed by atoms with Crippen molar-refractivity contribution in [1.82, 2.24) is 4.98 Å². The average Bonchev–Trinajstić information content (AvgIpc) is 2.79. The molecule has 1 saturated carbocycles. The van der Waals surface area contributed by atoms with Crippen molar-refractivity contribution in [2.24, 2.45) is 5.92 Å². The summed E-state index contributed by atoms with van der Waals surface area (Å²) in [5.41, 5.74) is 1.04. The van der Waals surface area contributed by atoms with E-state index in [2.05, 4.69) is 10.3 Å². The molecule has 0 aliphatic heterocycles. The van der Waals surface area contributed by atoms with Gasteiger partial charge in [0.25, 0.3) is 0 Å². The highest BCUT2D eigenvalue weighted by molar-refractivity contribution is 7.22. The number of benzene rings is 1. The topological polar surface area (TPSA) is 24.9 Å². The first kappa shape index (κ1) is 12.2. The number of hydrogen-bond acceptors (Lipinski definition) is 3. The molecule has 0 saturated heterocycles. The standard InChI is InChI=1S/C14H17ClN2S/c15-11-6-7-12-13(8-11)18-14(17-12)16-9-10-4-2-1-3-5-10/h6-8,10H,1-5,9H2,(H,16,17). The van der Waals surface area contributed by atoms with Crippen molar-refractivity contribution in [3.05, 3.63) is 23.2 Å². The van der Waals surface area contributed by atoms with Gasteiger partial charge in [-0.2, -0.15) is 0 Å². The largest absolute Gasteiger partial charge is 0.361 e. The molecule has 1 heterocycles. The fraction of sp³-hybridized carbons (Fsp3) is 0.500. The molecular weight excluding hydrogens is 264 g/mol. The van der Waals surface area contributed by atoms with Gasteiger partial charge in [0.1, 0.15) is 0 Å². The molecule has 1 aliphatic carbocycles. The number of fused-ring (bicyclic) bond motifs is 1. The summed E-state index contributed by atoms with van der Waals surface area (Å²) in [7, 11) is 0. The van der Waals surface area contributed by atoms with Crippen LogP contribution in [0.15, 0.2) is 18.2 Å². The second kappa shape index (κ2) is 5.45. The summed E-state index contributed by atoms with van der Waals surface area (Å²) in [4.78, 5) is 4.59. The van der Waals surface area contributed by atoms with Gasteiger partial charge in [-0.3, -0.25) is 0 Å². The van der Waals surface area contributed by atoms with Crippen molar-refractivity contribution in [3.63, 3.8) is 0 Å². The maximum Gasteiger partial charge on any atom is 0.183 e. The Morgan fingerprint density at radius 1 is 1.28 bits per heavy atom. The predicted octanol–water partition coefficient (Wildman–Crippen LogP) is 4.94. The van der Waals surface area contributed by atoms with Crippen molar-refractivity contribution in [2.45, 2.75) is 32.1 Å². The van der Waals surface area contributed by atoms with E-state index in [9.17, 15) is 0 Å². The average molecular weight is 281 g/mol. The van der Waals surface area contributed by atoms with Gasteiger partial charge in [0.2, 0.25) is 0 Å². The van der Waals surface area contributed by atoms with E-state index in [4.69, 9.17) is 11.6 Å². The molecule has 1 aliphatic rings. The Balaban J connectivity index is 1.67. The molecule has 0 spiro atoms. The molecule has 4 heteroatoms. The first-order chi connectivity index (χ1) is 8.81. The van der Waals surface area contributed by atoms with E-state index in [1.807, 2.05) is 18.2 Å². The Kier molecular flexibility index (Phi) is 3.71. The van der Waals surface area contributed by atoms with Gasteiger partial charge in [-0.05, 0) is 37.0 Å². The first-order valence-electron chi connectivity index (χ1n) is 6.61. The minimum Gasteiger partial charge on any atom is -0.361 e. The van der Waals surface area contributed by atoms with Gasteiger partial charge in [-0.25, -0.2) is 4.98 Å². The van der Waals surface area contributed by atoms with Gasteiger partial charge in [0.05, 0.1) is 10.2 Å². The molecule has 0 unspecified atom stereocenters. The summed E-state index contributed by atoms with van der Waals surface area (Å²) in [6.45, 7) is 1.06. The van der Waals surface area contributed by atoms with Crippen LogP contribution in [0.4, 0.5) is 5.13 Å². The van der Waals surface area contributed by atoms with Crippen LogP contribution in [0.2, 0.25) is 5.02 Å². The highest BCUT2D eigenvalue weighted by Crippen LogP contribution is 2.29. The fourth-order valence-corrected chi connectivity index (χ4v) is 3.75. The third-order valence-corrected chi connectivity index (χ3v) is 4.83. The number of nitrogens with one attached hydrogen (secondary N) is 1. The maximum atomic E-state index is 5.99. The van der Waals surface area contributed by atoms with E-state index in [0.29, 0.717) is 0 Å². The lowest BCUT2D eigenvalue weighted by Crippen LogP contribution is -2.16. The van der Waals surface area contributed by atoms with Crippen LogP contribution in [0, 0.1) is 5.92 Å². The molecule has 0 atom stereocenters. The van der Waals surface area contributed by atoms with Crippen LogP contribution in [0.5, 0.6) is 0 Å². The summed E-state index contributed by atoms with van der Waals surface area (Å²) in [6.07, 6.45) is 6.92. The molecule has 96 valence electrons. The summed E-state index contributed by atoms with van der Waals surface area (Å²) in [5.74, 6) is 0.828. The Labute approximate surface area is 116 Å². The molecule has 18 heavy (non-hydrogen) atoms. The second-order valence-electron chi connectivity index (χ2n) is 5.02. The highest BCUT2D eigenvalue weighted by atomic mass is 35.5. The summed E-state index contributed by atoms with van der Waals surface area (Å²) >= 11 is 7.68. The molecule has 1 fully saturated rings. The Bertz CT molecular complexity index is 532. The molecule has 0 radical (unpaired) electrons. The van der Waals surface area contributed by atoms with Crippen LogP contribution in [-0.2, 0) is 0 Å². The van der Waals surface area contributed by atoms with Gasteiger partial charge in [-0.1, -0.05) is 42.2 Å². The lowest BCUT2D eigenvalue weighted by Gasteiger charge is -2.21. The first-order valence-corrected chi connectivity index (χ1v) is 7.81. The zero-order valence-electron chi connectivity index (χ0n) is 10.3. The normalized spacial score (nSPS) is 17.2. The number of thiazole rings is 1. The molecule has 1 aromatic heterocycles. The number of rotatable bonds is 3. The van der Waals surface area contributed by atoms with E-state index in [0.717, 1.165) is 32.8 Å². The van der Waals surface area contributed by atoms with Crippen molar-refractivity contribution < 1.29 is 0 Å². The zero-order chi connectivity index (χ0) is 12.4. The van der Waals surface area contributed by atoms with E-state index >= 15 is 0 Å². The Morgan fingerprint density at radius 3 is 2.94 bits per heavy atom. The van der Waals surface area contributed by atoms with Gasteiger partial charge < -0.3 is 5.32 Å². The molecule has 0 bridgehead atoms. The third-order valence-electron chi connectivity index (χ3n) is 3.62. The van der Waals surface area contributed by atoms with Crippen molar-refractivity contribution >= 4 is 38.3 Å². The number of hydrogen-bond donors (Lipinski definition) is 1. The number of halogens is 1. The smallest absolute Gasteiger partial charge is 0.183 e. The predicted molar refractivity (Wildman–Crippen MR) is 79.7 cm³/mol. The Hall–Kier alpha value is -0.800. The molecule has 0 amide bonds. The van der Waals surface area contributed by atoms with Gasteiger partial charge in [0.15, 0.2) is 5.13 Å². The monoisotopic (exact) mass is 280 g/mol. The van der Waals surface area contributed by atoms with Crippen LogP contribution in [0.1, 0.15) is 32.1 Å². The van der Waals surface area contributed by atoms with Gasteiger partial charge in [0, 0.05) is 11.6 Å². The summed E-state index contributed by atoms with van der Waals surface area (Å²) in [6, 6.07) is 5.87. The van der Waals surface area contributed by atoms with Crippen LogP contribution in [-0.4, -0.2) is 11.5 Å². The third kappa shape index (κ3) is 2.78. The highest BCUT2D eigenvalue weighted by Gasteiger charge is 2.13. The summed E-state index contributed by atoms with van der Waals surface area (Å²) < 4.78 is 1.16. The van der Waals surface area contributed by atoms with Gasteiger partial charge >= 0.3 is 0 Å². The number of nitrogens with zero attached hydrogens (tertiary/aromatic N) is 1. The zero-order valence-corrected chi connectivity index (χ0v) is 11.9. The maximum absolute atomic E-state index is 5.99. The molecule has 2 nitrogen and oxygen atoms in total. The number of aromatic nitrogens is 1. The minimum atomic E-state index is 0.782. The fourth-order valence-electron chi connectivity index (χ4n) is 2.60. The number of anilines is 1. The lowest BCUT2D eigenvalue weighted by atomic mass is 9.89. The van der Waals surface area contributed by atoms with E-state index in [1.165, 1.54) is 32.1 Å². The van der Waals surface area contributed by atoms with Crippen molar-refractivity contribution in [3.8, 4) is 0 Å². The molecule has 1 aromatic carbocycles. The van der Waals surface area contributed by atoms with Crippen LogP contribution in [0.3, 0.4) is 0 Å². The van der Waals surface area contributed by atoms with E-state index in [-0.39, 0.29) is 0 Å². The summed E-state index contributed by atoms with van der Waals surface area (Å²) in [5, 5.41) is 5.30. The Morgan fingerprint density at radius 2 is 2.11 bits per heavy atom. The molecule has 2 aromatic rings. The molecule has 3 rings (SSSR count). The van der Waals surface area contributed by atoms with Crippen molar-refractivity contribution in [2.75, 3.05) is 11.9 Å². The van der Waals surface area contributed by atoms with Crippen molar-refractivity contribution in [1.29, 1.82) is 0 Å². The SMILES string of the molecule is Clc1ccc2nc(NCC3CCCCC3)sc2c1. The second-order valence-corrected chi connectivity index (χ2v) is 6.48. The van der Waals surface area contributed by atoms with E-state index in [1.54, 1.807) is 11.3 Å².